The summed E-state index contributed by atoms with van der Waals surface area (Å²) in [5, 5.41) is 5.64. The molecule has 4 heterocycles. The van der Waals surface area contributed by atoms with E-state index in [1.54, 1.807) is 4.57 Å². The molecule has 1 aliphatic rings. The quantitative estimate of drug-likeness (QED) is 0.334. The standard InChI is InChI=1S/C25H24ClF3N6O2S.ClH/c1-3-18-21(34-8-6-30-7-9-34)22(37)20-23(32-17-10-13(2)38-24(17)33-20)35(18)12-19(36)31-16-5-4-14(11-15(16)26)25(27,28)29;/h4-5,10-11,30H,3,6-9,12H2,1-2H3,(H,31,36);1H. The molecule has 0 bridgehead atoms. The van der Waals surface area contributed by atoms with Crippen LogP contribution in [0.5, 0.6) is 0 Å². The second-order valence-electron chi connectivity index (χ2n) is 8.98. The van der Waals surface area contributed by atoms with E-state index in [4.69, 9.17) is 16.6 Å². The third kappa shape index (κ3) is 5.69. The van der Waals surface area contributed by atoms with Crippen molar-refractivity contribution in [3.8, 4) is 0 Å². The Balaban J connectivity index is 0.00000353. The van der Waals surface area contributed by atoms with Gasteiger partial charge < -0.3 is 20.1 Å². The average Bonchev–Trinajstić information content (AvgIpc) is 3.24. The molecule has 0 saturated carbocycles. The lowest BCUT2D eigenvalue weighted by atomic mass is 10.1. The Bertz CT molecular complexity index is 1620. The zero-order chi connectivity index (χ0) is 27.2. The fourth-order valence-electron chi connectivity index (χ4n) is 4.68. The number of carbonyl (C=O) groups is 1. The van der Waals surface area contributed by atoms with Gasteiger partial charge in [0, 0.05) is 36.8 Å². The van der Waals surface area contributed by atoms with Gasteiger partial charge in [-0.15, -0.1) is 23.7 Å². The van der Waals surface area contributed by atoms with Crippen molar-refractivity contribution in [1.82, 2.24) is 19.9 Å². The Morgan fingerprint density at radius 2 is 1.92 bits per heavy atom. The Labute approximate surface area is 236 Å². The molecule has 39 heavy (non-hydrogen) atoms. The highest BCUT2D eigenvalue weighted by atomic mass is 35.5. The molecule has 0 atom stereocenters. The van der Waals surface area contributed by atoms with Crippen LogP contribution in [0.1, 0.15) is 23.1 Å². The minimum atomic E-state index is -4.55. The first-order valence-corrected chi connectivity index (χ1v) is 13.2. The lowest BCUT2D eigenvalue weighted by Crippen LogP contribution is -2.46. The topological polar surface area (TPSA) is 92.2 Å². The number of pyridine rings is 1. The van der Waals surface area contributed by atoms with Crippen LogP contribution in [-0.4, -0.2) is 46.6 Å². The largest absolute Gasteiger partial charge is 0.416 e. The molecule has 4 aromatic rings. The number of rotatable bonds is 5. The molecule has 14 heteroatoms. The number of nitrogens with one attached hydrogen (secondary N) is 2. The molecule has 0 unspecified atom stereocenters. The van der Waals surface area contributed by atoms with E-state index in [9.17, 15) is 22.8 Å². The van der Waals surface area contributed by atoms with Crippen molar-refractivity contribution >= 4 is 74.1 Å². The summed E-state index contributed by atoms with van der Waals surface area (Å²) in [5.74, 6) is -0.527. The molecule has 1 amide bonds. The van der Waals surface area contributed by atoms with Crippen molar-refractivity contribution in [3.05, 3.63) is 55.6 Å². The molecule has 2 N–H and O–H groups in total. The first kappa shape index (κ1) is 29.1. The molecule has 1 aromatic carbocycles. The second-order valence-corrected chi connectivity index (χ2v) is 10.6. The molecule has 1 saturated heterocycles. The summed E-state index contributed by atoms with van der Waals surface area (Å²) in [6, 6.07) is 4.63. The number of alkyl halides is 3. The maximum absolute atomic E-state index is 13.8. The van der Waals surface area contributed by atoms with Gasteiger partial charge in [-0.25, -0.2) is 9.97 Å². The number of thiophene rings is 1. The van der Waals surface area contributed by atoms with E-state index < -0.39 is 17.6 Å². The number of fused-ring (bicyclic) bond motifs is 2. The fraction of sp³-hybridized carbons (Fsp3) is 0.360. The molecule has 1 fully saturated rings. The molecule has 5 rings (SSSR count). The van der Waals surface area contributed by atoms with E-state index in [-0.39, 0.29) is 46.3 Å². The van der Waals surface area contributed by atoms with Crippen molar-refractivity contribution in [2.45, 2.75) is 33.0 Å². The molecule has 208 valence electrons. The summed E-state index contributed by atoms with van der Waals surface area (Å²) >= 11 is 7.49. The van der Waals surface area contributed by atoms with Gasteiger partial charge in [-0.1, -0.05) is 18.5 Å². The number of anilines is 2. The number of aryl methyl sites for hydroxylation is 1. The van der Waals surface area contributed by atoms with E-state index in [0.29, 0.717) is 54.3 Å². The van der Waals surface area contributed by atoms with E-state index in [1.165, 1.54) is 11.3 Å². The monoisotopic (exact) mass is 600 g/mol. The van der Waals surface area contributed by atoms with Crippen molar-refractivity contribution in [2.75, 3.05) is 36.4 Å². The van der Waals surface area contributed by atoms with Gasteiger partial charge in [-0.2, -0.15) is 13.2 Å². The molecule has 1 aliphatic heterocycles. The van der Waals surface area contributed by atoms with E-state index >= 15 is 0 Å². The van der Waals surface area contributed by atoms with Crippen LogP contribution in [0.15, 0.2) is 29.1 Å². The maximum Gasteiger partial charge on any atom is 0.416 e. The number of aromatic nitrogens is 3. The zero-order valence-electron chi connectivity index (χ0n) is 21.0. The molecule has 0 aliphatic carbocycles. The van der Waals surface area contributed by atoms with Gasteiger partial charge >= 0.3 is 6.18 Å². The summed E-state index contributed by atoms with van der Waals surface area (Å²) < 4.78 is 40.8. The highest BCUT2D eigenvalue weighted by molar-refractivity contribution is 7.18. The lowest BCUT2D eigenvalue weighted by Gasteiger charge is -2.31. The minimum Gasteiger partial charge on any atom is -0.364 e. The normalized spacial score (nSPS) is 14.1. The summed E-state index contributed by atoms with van der Waals surface area (Å²) in [4.78, 5) is 40.0. The molecule has 0 radical (unpaired) electrons. The SMILES string of the molecule is CCc1c(N2CCNCC2)c(=O)c2nc3sc(C)cc3nc2n1CC(=O)Nc1ccc(C(F)(F)F)cc1Cl.Cl. The minimum absolute atomic E-state index is 0. The smallest absolute Gasteiger partial charge is 0.364 e. The van der Waals surface area contributed by atoms with E-state index in [0.717, 1.165) is 23.1 Å². The summed E-state index contributed by atoms with van der Waals surface area (Å²) in [7, 11) is 0. The van der Waals surface area contributed by atoms with Crippen LogP contribution >= 0.6 is 35.3 Å². The first-order chi connectivity index (χ1) is 18.1. The molecule has 8 nitrogen and oxygen atoms in total. The number of halogens is 5. The summed E-state index contributed by atoms with van der Waals surface area (Å²) in [6.07, 6.45) is -4.11. The van der Waals surface area contributed by atoms with Crippen molar-refractivity contribution in [1.29, 1.82) is 0 Å². The third-order valence-corrected chi connectivity index (χ3v) is 7.64. The molecule has 0 spiro atoms. The van der Waals surface area contributed by atoms with Crippen LogP contribution in [0.3, 0.4) is 0 Å². The number of nitrogens with zero attached hydrogens (tertiary/aromatic N) is 4. The zero-order valence-corrected chi connectivity index (χ0v) is 23.4. The highest BCUT2D eigenvalue weighted by Gasteiger charge is 2.31. The average molecular weight is 601 g/mol. The van der Waals surface area contributed by atoms with Crippen LogP contribution < -0.4 is 21.0 Å². The number of piperazine rings is 1. The van der Waals surface area contributed by atoms with Crippen LogP contribution in [0.4, 0.5) is 24.5 Å². The number of carbonyl (C=O) groups excluding carboxylic acids is 1. The van der Waals surface area contributed by atoms with E-state index in [1.807, 2.05) is 24.8 Å². The first-order valence-electron chi connectivity index (χ1n) is 12.0. The summed E-state index contributed by atoms with van der Waals surface area (Å²) in [5.41, 5.74) is 1.11. The van der Waals surface area contributed by atoms with Crippen LogP contribution in [-0.2, 0) is 23.9 Å². The van der Waals surface area contributed by atoms with Crippen molar-refractivity contribution in [3.63, 3.8) is 0 Å². The van der Waals surface area contributed by atoms with E-state index in [2.05, 4.69) is 15.6 Å². The van der Waals surface area contributed by atoms with Crippen LogP contribution in [0.2, 0.25) is 5.02 Å². The van der Waals surface area contributed by atoms with Gasteiger partial charge in [0.2, 0.25) is 11.3 Å². The van der Waals surface area contributed by atoms with Crippen molar-refractivity contribution in [2.24, 2.45) is 0 Å². The second kappa shape index (κ2) is 11.3. The van der Waals surface area contributed by atoms with Gasteiger partial charge in [0.05, 0.1) is 16.3 Å². The predicted octanol–water partition coefficient (Wildman–Crippen LogP) is 5.02. The number of benzene rings is 1. The molecule has 3 aromatic heterocycles. The Morgan fingerprint density at radius 3 is 2.56 bits per heavy atom. The van der Waals surface area contributed by atoms with Gasteiger partial charge in [0.1, 0.15) is 22.6 Å². The van der Waals surface area contributed by atoms with Gasteiger partial charge in [-0.3, -0.25) is 9.59 Å². The number of hydrogen-bond donors (Lipinski definition) is 2. The number of hydrogen-bond acceptors (Lipinski definition) is 7. The lowest BCUT2D eigenvalue weighted by molar-refractivity contribution is -0.137. The molecular formula is C25H25Cl2F3N6O2S. The Morgan fingerprint density at radius 1 is 1.21 bits per heavy atom. The van der Waals surface area contributed by atoms with Crippen LogP contribution in [0, 0.1) is 6.92 Å². The maximum atomic E-state index is 13.8. The predicted molar refractivity (Wildman–Crippen MR) is 151 cm³/mol. The highest BCUT2D eigenvalue weighted by Crippen LogP contribution is 2.34. The van der Waals surface area contributed by atoms with Crippen LogP contribution in [0.25, 0.3) is 21.5 Å². The van der Waals surface area contributed by atoms with Crippen molar-refractivity contribution < 1.29 is 18.0 Å². The van der Waals surface area contributed by atoms with Gasteiger partial charge in [0.25, 0.3) is 0 Å². The third-order valence-electron chi connectivity index (χ3n) is 6.39. The Kier molecular flexibility index (Phi) is 8.41. The van der Waals surface area contributed by atoms with Gasteiger partial charge in [-0.05, 0) is 37.6 Å². The summed E-state index contributed by atoms with van der Waals surface area (Å²) in [6.45, 7) is 6.25. The van der Waals surface area contributed by atoms with Gasteiger partial charge in [0.15, 0.2) is 11.2 Å². The fourth-order valence-corrected chi connectivity index (χ4v) is 5.73. The number of amides is 1. The molecular weight excluding hydrogens is 576 g/mol. The Hall–Kier alpha value is -2.93.